The summed E-state index contributed by atoms with van der Waals surface area (Å²) >= 11 is 12.1. The van der Waals surface area contributed by atoms with E-state index in [1.165, 1.54) is 0 Å². The second-order valence-corrected chi connectivity index (χ2v) is 7.58. The van der Waals surface area contributed by atoms with Crippen LogP contribution in [-0.4, -0.2) is 31.6 Å². The fraction of sp³-hybridized carbons (Fsp3) is 0.571. The highest BCUT2D eigenvalue weighted by Gasteiger charge is 2.24. The first-order valence-corrected chi connectivity index (χ1v) is 9.39. The first-order chi connectivity index (χ1) is 10.3. The van der Waals surface area contributed by atoms with Gasteiger partial charge < -0.3 is 9.47 Å². The van der Waals surface area contributed by atoms with E-state index in [1.807, 2.05) is 0 Å². The minimum atomic E-state index is -4.08. The molecule has 5 nitrogen and oxygen atoms in total. The molecule has 1 aliphatic heterocycles. The third kappa shape index (κ3) is 5.68. The van der Waals surface area contributed by atoms with E-state index in [1.54, 1.807) is 18.2 Å². The maximum Gasteiger partial charge on any atom is 0.264 e. The van der Waals surface area contributed by atoms with Crippen LogP contribution in [0.5, 0.6) is 0 Å². The Kier molecular flexibility index (Phi) is 6.49. The number of hydrogen-bond donors (Lipinski definition) is 1. The highest BCUT2D eigenvalue weighted by molar-refractivity contribution is 7.85. The van der Waals surface area contributed by atoms with Crippen LogP contribution in [0.3, 0.4) is 0 Å². The van der Waals surface area contributed by atoms with Crippen LogP contribution in [0.4, 0.5) is 0 Å². The maximum atomic E-state index is 11.0. The number of halogens is 2. The second kappa shape index (κ2) is 7.95. The van der Waals surface area contributed by atoms with Gasteiger partial charge in [-0.25, -0.2) is 0 Å². The predicted molar refractivity (Wildman–Crippen MR) is 84.9 cm³/mol. The minimum Gasteiger partial charge on any atom is -0.353 e. The summed E-state index contributed by atoms with van der Waals surface area (Å²) in [5.74, 6) is -0.413. The largest absolute Gasteiger partial charge is 0.353 e. The first kappa shape index (κ1) is 18.0. The lowest BCUT2D eigenvalue weighted by Gasteiger charge is -2.28. The standard InChI is InChI=1S/C14H18Cl2O5S/c15-10-4-5-11(12(16)9-10)13(6-8-22(17,18)19)21-14-3-1-2-7-20-14/h4-5,9,13-14H,1-3,6-8H2,(H,17,18,19). The van der Waals surface area contributed by atoms with Gasteiger partial charge in [-0.15, -0.1) is 0 Å². The van der Waals surface area contributed by atoms with Gasteiger partial charge in [-0.05, 0) is 43.4 Å². The Morgan fingerprint density at radius 2 is 2.14 bits per heavy atom. The Hall–Kier alpha value is -0.370. The molecule has 1 aromatic rings. The molecule has 0 amide bonds. The lowest BCUT2D eigenvalue weighted by molar-refractivity contribution is -0.190. The number of ether oxygens (including phenoxy) is 2. The van der Waals surface area contributed by atoms with Crippen LogP contribution >= 0.6 is 23.2 Å². The Morgan fingerprint density at radius 1 is 1.36 bits per heavy atom. The van der Waals surface area contributed by atoms with E-state index in [0.717, 1.165) is 19.3 Å². The molecule has 0 radical (unpaired) electrons. The average molecular weight is 369 g/mol. The van der Waals surface area contributed by atoms with Crippen LogP contribution in [0.2, 0.25) is 10.0 Å². The molecular formula is C14H18Cl2O5S. The summed E-state index contributed by atoms with van der Waals surface area (Å²) in [6, 6.07) is 4.93. The van der Waals surface area contributed by atoms with Crippen molar-refractivity contribution in [3.05, 3.63) is 33.8 Å². The van der Waals surface area contributed by atoms with Crippen molar-refractivity contribution in [1.29, 1.82) is 0 Å². The monoisotopic (exact) mass is 368 g/mol. The molecule has 1 fully saturated rings. The highest BCUT2D eigenvalue weighted by atomic mass is 35.5. The summed E-state index contributed by atoms with van der Waals surface area (Å²) < 4.78 is 42.4. The van der Waals surface area contributed by atoms with Gasteiger partial charge in [-0.3, -0.25) is 4.55 Å². The van der Waals surface area contributed by atoms with Gasteiger partial charge in [0.1, 0.15) is 0 Å². The summed E-state index contributed by atoms with van der Waals surface area (Å²) in [5, 5.41) is 0.875. The predicted octanol–water partition coefficient (Wildman–Crippen LogP) is 3.86. The van der Waals surface area contributed by atoms with E-state index >= 15 is 0 Å². The van der Waals surface area contributed by atoms with E-state index in [-0.39, 0.29) is 6.42 Å². The van der Waals surface area contributed by atoms with Crippen LogP contribution in [0.25, 0.3) is 0 Å². The van der Waals surface area contributed by atoms with Crippen LogP contribution in [0.15, 0.2) is 18.2 Å². The third-order valence-corrected chi connectivity index (χ3v) is 4.72. The normalized spacial score (nSPS) is 20.8. The Bertz CT molecular complexity index is 599. The van der Waals surface area contributed by atoms with Gasteiger partial charge in [0.25, 0.3) is 10.1 Å². The average Bonchev–Trinajstić information content (AvgIpc) is 2.44. The zero-order valence-corrected chi connectivity index (χ0v) is 14.2. The topological polar surface area (TPSA) is 72.8 Å². The molecule has 1 aromatic carbocycles. The molecule has 124 valence electrons. The van der Waals surface area contributed by atoms with Gasteiger partial charge in [-0.1, -0.05) is 29.3 Å². The molecule has 0 bridgehead atoms. The fourth-order valence-electron chi connectivity index (χ4n) is 2.32. The molecule has 2 atom stereocenters. The Balaban J connectivity index is 2.15. The van der Waals surface area contributed by atoms with Crippen molar-refractivity contribution < 1.29 is 22.4 Å². The van der Waals surface area contributed by atoms with Crippen molar-refractivity contribution >= 4 is 33.3 Å². The van der Waals surface area contributed by atoms with Crippen molar-refractivity contribution in [2.45, 2.75) is 38.1 Å². The van der Waals surface area contributed by atoms with E-state index < -0.39 is 28.3 Å². The summed E-state index contributed by atoms with van der Waals surface area (Å²) in [6.45, 7) is 0.615. The lowest BCUT2D eigenvalue weighted by atomic mass is 10.1. The van der Waals surface area contributed by atoms with Gasteiger partial charge in [0.15, 0.2) is 6.29 Å². The van der Waals surface area contributed by atoms with Crippen LogP contribution in [-0.2, 0) is 19.6 Å². The molecule has 1 N–H and O–H groups in total. The summed E-state index contributed by atoms with van der Waals surface area (Å²) in [4.78, 5) is 0. The molecule has 0 spiro atoms. The van der Waals surface area contributed by atoms with E-state index in [4.69, 9.17) is 37.2 Å². The molecule has 0 aliphatic carbocycles. The van der Waals surface area contributed by atoms with Crippen molar-refractivity contribution in [3.8, 4) is 0 Å². The van der Waals surface area contributed by atoms with Gasteiger partial charge in [0.05, 0.1) is 11.9 Å². The van der Waals surface area contributed by atoms with E-state index in [2.05, 4.69) is 0 Å². The van der Waals surface area contributed by atoms with Crippen LogP contribution < -0.4 is 0 Å². The number of rotatable bonds is 6. The molecule has 1 heterocycles. The molecule has 0 aromatic heterocycles. The second-order valence-electron chi connectivity index (χ2n) is 5.16. The van der Waals surface area contributed by atoms with Crippen molar-refractivity contribution in [2.24, 2.45) is 0 Å². The summed E-state index contributed by atoms with van der Waals surface area (Å²) in [7, 11) is -4.08. The Morgan fingerprint density at radius 3 is 2.73 bits per heavy atom. The lowest BCUT2D eigenvalue weighted by Crippen LogP contribution is -2.25. The smallest absolute Gasteiger partial charge is 0.264 e. The molecule has 2 unspecified atom stereocenters. The van der Waals surface area contributed by atoms with Crippen molar-refractivity contribution in [1.82, 2.24) is 0 Å². The maximum absolute atomic E-state index is 11.0. The van der Waals surface area contributed by atoms with Gasteiger partial charge in [-0.2, -0.15) is 8.42 Å². The minimum absolute atomic E-state index is 0.0834. The zero-order valence-electron chi connectivity index (χ0n) is 11.9. The molecule has 1 saturated heterocycles. The molecular weight excluding hydrogens is 351 g/mol. The van der Waals surface area contributed by atoms with Crippen molar-refractivity contribution in [2.75, 3.05) is 12.4 Å². The van der Waals surface area contributed by atoms with Gasteiger partial charge in [0.2, 0.25) is 0 Å². The molecule has 0 saturated carbocycles. The fourth-order valence-corrected chi connectivity index (χ4v) is 3.36. The SMILES string of the molecule is O=S(=O)(O)CCC(OC1CCCCO1)c1ccc(Cl)cc1Cl. The highest BCUT2D eigenvalue weighted by Crippen LogP contribution is 2.33. The van der Waals surface area contributed by atoms with Crippen LogP contribution in [0, 0.1) is 0 Å². The van der Waals surface area contributed by atoms with Gasteiger partial charge in [0, 0.05) is 16.7 Å². The first-order valence-electron chi connectivity index (χ1n) is 7.02. The number of hydrogen-bond acceptors (Lipinski definition) is 4. The Labute approximate surface area is 140 Å². The zero-order chi connectivity index (χ0) is 16.2. The van der Waals surface area contributed by atoms with E-state index in [9.17, 15) is 8.42 Å². The summed E-state index contributed by atoms with van der Waals surface area (Å²) in [5.41, 5.74) is 0.629. The van der Waals surface area contributed by atoms with Gasteiger partial charge >= 0.3 is 0 Å². The molecule has 22 heavy (non-hydrogen) atoms. The quantitative estimate of drug-likeness (QED) is 0.771. The number of benzene rings is 1. The molecule has 2 rings (SSSR count). The van der Waals surface area contributed by atoms with E-state index in [0.29, 0.717) is 22.2 Å². The van der Waals surface area contributed by atoms with Crippen molar-refractivity contribution in [3.63, 3.8) is 0 Å². The molecule has 1 aliphatic rings. The summed E-state index contributed by atoms with van der Waals surface area (Å²) in [6.07, 6.45) is 1.82. The molecule has 8 heteroatoms. The third-order valence-electron chi connectivity index (χ3n) is 3.40. The van der Waals surface area contributed by atoms with Crippen LogP contribution in [0.1, 0.15) is 37.4 Å².